The van der Waals surface area contributed by atoms with Gasteiger partial charge in [0.25, 0.3) is 5.69 Å². The molecule has 0 saturated carbocycles. The number of ether oxygens (including phenoxy) is 2. The first-order valence-electron chi connectivity index (χ1n) is 9.02. The lowest BCUT2D eigenvalue weighted by molar-refractivity contribution is -0.385. The third-order valence-electron chi connectivity index (χ3n) is 4.60. The Kier molecular flexibility index (Phi) is 6.22. The van der Waals surface area contributed by atoms with Crippen LogP contribution in [0, 0.1) is 10.1 Å². The molecule has 10 nitrogen and oxygen atoms in total. The number of nitro benzene ring substituents is 1. The van der Waals surface area contributed by atoms with E-state index in [0.717, 1.165) is 4.31 Å². The van der Waals surface area contributed by atoms with Crippen molar-refractivity contribution in [3.8, 4) is 11.5 Å². The highest BCUT2D eigenvalue weighted by Gasteiger charge is 2.27. The van der Waals surface area contributed by atoms with Gasteiger partial charge in [-0.25, -0.2) is 8.42 Å². The minimum Gasteiger partial charge on any atom is -0.486 e. The van der Waals surface area contributed by atoms with Crippen LogP contribution in [0.4, 0.5) is 5.69 Å². The molecule has 0 atom stereocenters. The molecule has 1 aliphatic rings. The van der Waals surface area contributed by atoms with Crippen LogP contribution in [0.2, 0.25) is 0 Å². The quantitative estimate of drug-likeness (QED) is 0.479. The summed E-state index contributed by atoms with van der Waals surface area (Å²) in [6, 6.07) is 10.3. The fraction of sp³-hybridized carbons (Fsp3) is 0.316. The van der Waals surface area contributed by atoms with E-state index in [1.54, 1.807) is 12.1 Å². The van der Waals surface area contributed by atoms with Crippen molar-refractivity contribution in [1.82, 2.24) is 9.21 Å². The van der Waals surface area contributed by atoms with Crippen LogP contribution >= 0.6 is 0 Å². The maximum Gasteiger partial charge on any atom is 0.274 e. The summed E-state index contributed by atoms with van der Waals surface area (Å²) in [6.45, 7) is 0.266. The van der Waals surface area contributed by atoms with E-state index >= 15 is 0 Å². The number of para-hydroxylation sites is 1. The van der Waals surface area contributed by atoms with Gasteiger partial charge in [-0.1, -0.05) is 18.2 Å². The molecule has 0 saturated heterocycles. The molecule has 160 valence electrons. The van der Waals surface area contributed by atoms with Gasteiger partial charge in [-0.05, 0) is 12.1 Å². The number of amides is 1. The molecule has 3 rings (SSSR count). The largest absolute Gasteiger partial charge is 0.486 e. The first-order chi connectivity index (χ1) is 14.2. The standard InChI is InChI=1S/C19H21N3O7S/c1-20(12-14-5-3-4-6-16(14)22(24)25)19(23)13-21(2)30(26,27)15-7-8-17-18(11-15)29-10-9-28-17/h3-8,11H,9-10,12-13H2,1-2H3. The number of nitrogens with zero attached hydrogens (tertiary/aromatic N) is 3. The maximum absolute atomic E-state index is 12.8. The third kappa shape index (κ3) is 4.52. The Morgan fingerprint density at radius 3 is 2.47 bits per heavy atom. The lowest BCUT2D eigenvalue weighted by Gasteiger charge is -2.23. The molecule has 11 heteroatoms. The van der Waals surface area contributed by atoms with Crippen LogP contribution in [0.5, 0.6) is 11.5 Å². The monoisotopic (exact) mass is 435 g/mol. The minimum atomic E-state index is -3.95. The van der Waals surface area contributed by atoms with Crippen LogP contribution in [0.15, 0.2) is 47.4 Å². The summed E-state index contributed by atoms with van der Waals surface area (Å²) in [4.78, 5) is 24.4. The molecular weight excluding hydrogens is 414 g/mol. The molecule has 0 unspecified atom stereocenters. The highest BCUT2D eigenvalue weighted by atomic mass is 32.2. The van der Waals surface area contributed by atoms with Gasteiger partial charge in [0.15, 0.2) is 11.5 Å². The molecule has 30 heavy (non-hydrogen) atoms. The maximum atomic E-state index is 12.8. The van der Waals surface area contributed by atoms with Gasteiger partial charge in [0, 0.05) is 31.8 Å². The Morgan fingerprint density at radius 1 is 1.10 bits per heavy atom. The van der Waals surface area contributed by atoms with Crippen molar-refractivity contribution >= 4 is 21.6 Å². The zero-order valence-corrected chi connectivity index (χ0v) is 17.3. The van der Waals surface area contributed by atoms with E-state index in [2.05, 4.69) is 0 Å². The van der Waals surface area contributed by atoms with E-state index < -0.39 is 27.4 Å². The van der Waals surface area contributed by atoms with Crippen molar-refractivity contribution in [1.29, 1.82) is 0 Å². The highest BCUT2D eigenvalue weighted by molar-refractivity contribution is 7.89. The van der Waals surface area contributed by atoms with Gasteiger partial charge < -0.3 is 14.4 Å². The predicted molar refractivity (Wildman–Crippen MR) is 107 cm³/mol. The van der Waals surface area contributed by atoms with Crippen molar-refractivity contribution in [3.05, 3.63) is 58.1 Å². The number of likely N-dealkylation sites (N-methyl/N-ethyl adjacent to an activating group) is 2. The zero-order valence-electron chi connectivity index (χ0n) is 16.5. The van der Waals surface area contributed by atoms with Gasteiger partial charge in [-0.3, -0.25) is 14.9 Å². The van der Waals surface area contributed by atoms with Crippen LogP contribution in [0.25, 0.3) is 0 Å². The molecule has 0 bridgehead atoms. The Balaban J connectivity index is 1.71. The van der Waals surface area contributed by atoms with Crippen LogP contribution < -0.4 is 9.47 Å². The summed E-state index contributed by atoms with van der Waals surface area (Å²) in [7, 11) is -1.20. The molecule has 0 aliphatic carbocycles. The predicted octanol–water partition coefficient (Wildman–Crippen LogP) is 1.65. The number of carbonyl (C=O) groups excluding carboxylic acids is 1. The molecule has 0 N–H and O–H groups in total. The Morgan fingerprint density at radius 2 is 1.77 bits per heavy atom. The number of carbonyl (C=O) groups is 1. The summed E-state index contributed by atoms with van der Waals surface area (Å²) in [5, 5.41) is 11.1. The van der Waals surface area contributed by atoms with Crippen molar-refractivity contribution in [2.75, 3.05) is 33.9 Å². The summed E-state index contributed by atoms with van der Waals surface area (Å²) < 4.78 is 37.4. The summed E-state index contributed by atoms with van der Waals surface area (Å²) in [5.41, 5.74) is 0.255. The average molecular weight is 435 g/mol. The number of hydrogen-bond donors (Lipinski definition) is 0. The first-order valence-corrected chi connectivity index (χ1v) is 10.5. The molecule has 2 aromatic rings. The minimum absolute atomic E-state index is 0.0199. The van der Waals surface area contributed by atoms with Crippen LogP contribution in [-0.2, 0) is 21.4 Å². The van der Waals surface area contributed by atoms with Gasteiger partial charge in [0.1, 0.15) is 13.2 Å². The SMILES string of the molecule is CN(Cc1ccccc1[N+](=O)[O-])C(=O)CN(C)S(=O)(=O)c1ccc2c(c1)OCCO2. The first kappa shape index (κ1) is 21.5. The molecule has 1 heterocycles. The smallest absolute Gasteiger partial charge is 0.274 e. The Hall–Kier alpha value is -3.18. The molecule has 1 aliphatic heterocycles. The fourth-order valence-corrected chi connectivity index (χ4v) is 4.06. The van der Waals surface area contributed by atoms with Gasteiger partial charge in [0.05, 0.1) is 22.9 Å². The summed E-state index contributed by atoms with van der Waals surface area (Å²) in [5.74, 6) is 0.287. The van der Waals surface area contributed by atoms with E-state index in [4.69, 9.17) is 9.47 Å². The van der Waals surface area contributed by atoms with E-state index in [1.165, 1.54) is 49.3 Å². The Labute approximate surface area is 173 Å². The van der Waals surface area contributed by atoms with Gasteiger partial charge >= 0.3 is 0 Å². The molecule has 0 spiro atoms. The lowest BCUT2D eigenvalue weighted by atomic mass is 10.1. The molecule has 1 amide bonds. The van der Waals surface area contributed by atoms with Crippen LogP contribution in [0.3, 0.4) is 0 Å². The van der Waals surface area contributed by atoms with E-state index in [0.29, 0.717) is 30.3 Å². The van der Waals surface area contributed by atoms with Gasteiger partial charge in [-0.15, -0.1) is 0 Å². The van der Waals surface area contributed by atoms with Crippen LogP contribution in [-0.4, -0.2) is 62.3 Å². The third-order valence-corrected chi connectivity index (χ3v) is 6.40. The molecular formula is C19H21N3O7S. The molecule has 0 aromatic heterocycles. The average Bonchev–Trinajstić information content (AvgIpc) is 2.73. The van der Waals surface area contributed by atoms with Crippen LogP contribution in [0.1, 0.15) is 5.56 Å². The number of hydrogen-bond acceptors (Lipinski definition) is 7. The fourth-order valence-electron chi connectivity index (χ4n) is 2.93. The second-order valence-electron chi connectivity index (χ2n) is 6.70. The second-order valence-corrected chi connectivity index (χ2v) is 8.75. The lowest BCUT2D eigenvalue weighted by Crippen LogP contribution is -2.39. The zero-order chi connectivity index (χ0) is 21.9. The molecule has 0 fully saturated rings. The second kappa shape index (κ2) is 8.67. The summed E-state index contributed by atoms with van der Waals surface area (Å²) in [6.07, 6.45) is 0. The summed E-state index contributed by atoms with van der Waals surface area (Å²) >= 11 is 0. The number of rotatable bonds is 7. The molecule has 2 aromatic carbocycles. The normalized spacial score (nSPS) is 13.2. The van der Waals surface area contributed by atoms with E-state index in [-0.39, 0.29) is 17.1 Å². The molecule has 0 radical (unpaired) electrons. The number of sulfonamides is 1. The van der Waals surface area contributed by atoms with Gasteiger partial charge in [-0.2, -0.15) is 4.31 Å². The van der Waals surface area contributed by atoms with Crippen molar-refractivity contribution in [2.24, 2.45) is 0 Å². The Bertz CT molecular complexity index is 1070. The number of benzene rings is 2. The topological polar surface area (TPSA) is 119 Å². The number of nitro groups is 1. The van der Waals surface area contributed by atoms with E-state index in [9.17, 15) is 23.3 Å². The van der Waals surface area contributed by atoms with Gasteiger partial charge in [0.2, 0.25) is 15.9 Å². The van der Waals surface area contributed by atoms with Crippen molar-refractivity contribution < 1.29 is 27.6 Å². The van der Waals surface area contributed by atoms with Crippen molar-refractivity contribution in [2.45, 2.75) is 11.4 Å². The highest BCUT2D eigenvalue weighted by Crippen LogP contribution is 2.33. The van der Waals surface area contributed by atoms with E-state index in [1.807, 2.05) is 0 Å². The van der Waals surface area contributed by atoms with Crippen molar-refractivity contribution in [3.63, 3.8) is 0 Å². The number of fused-ring (bicyclic) bond motifs is 1.